The van der Waals surface area contributed by atoms with Gasteiger partial charge in [0.1, 0.15) is 5.82 Å². The number of piperazine rings is 1. The Morgan fingerprint density at radius 3 is 2.59 bits per heavy atom. The molecule has 0 radical (unpaired) electrons. The first kappa shape index (κ1) is 18.0. The molecule has 4 heterocycles. The molecule has 2 aliphatic rings. The number of pyridine rings is 1. The van der Waals surface area contributed by atoms with Gasteiger partial charge in [0.15, 0.2) is 0 Å². The summed E-state index contributed by atoms with van der Waals surface area (Å²) in [6, 6.07) is 9.89. The molecule has 8 heteroatoms. The smallest absolute Gasteiger partial charge is 0.254 e. The van der Waals surface area contributed by atoms with Crippen LogP contribution in [0.1, 0.15) is 22.0 Å². The molecule has 0 bridgehead atoms. The topological polar surface area (TPSA) is 86.3 Å². The minimum atomic E-state index is 0.0718. The van der Waals surface area contributed by atoms with Crippen LogP contribution in [0, 0.1) is 0 Å². The summed E-state index contributed by atoms with van der Waals surface area (Å²) in [4.78, 5) is 30.9. The lowest BCUT2D eigenvalue weighted by atomic mass is 10.00. The number of anilines is 1. The monoisotopic (exact) mass is 389 g/mol. The zero-order chi connectivity index (χ0) is 19.6. The highest BCUT2D eigenvalue weighted by Gasteiger charge is 2.26. The lowest BCUT2D eigenvalue weighted by Gasteiger charge is -2.35. The van der Waals surface area contributed by atoms with Crippen molar-refractivity contribution in [3.63, 3.8) is 0 Å². The fourth-order valence-electron chi connectivity index (χ4n) is 4.02. The van der Waals surface area contributed by atoms with E-state index in [-0.39, 0.29) is 11.8 Å². The number of carbonyl (C=O) groups excluding carboxylic acids is 1. The molecule has 1 aromatic carbocycles. The van der Waals surface area contributed by atoms with Gasteiger partial charge in [-0.2, -0.15) is 0 Å². The molecule has 2 N–H and O–H groups in total. The van der Waals surface area contributed by atoms with Crippen LogP contribution in [0.2, 0.25) is 0 Å². The van der Waals surface area contributed by atoms with E-state index in [1.165, 1.54) is 0 Å². The minimum absolute atomic E-state index is 0.0718. The molecule has 2 aliphatic heterocycles. The Bertz CT molecular complexity index is 1010. The summed E-state index contributed by atoms with van der Waals surface area (Å²) in [5, 5.41) is 0.913. The largest absolute Gasteiger partial charge is 0.352 e. The second kappa shape index (κ2) is 7.73. The molecular weight excluding hydrogens is 366 g/mol. The predicted molar refractivity (Wildman–Crippen MR) is 111 cm³/mol. The minimum Gasteiger partial charge on any atom is -0.352 e. The SMILES string of the molecule is O=C(c1cc(C2CNNC2)nc2ccccc12)N1CCN(c2cnccn2)CC1. The molecule has 2 aromatic heterocycles. The van der Waals surface area contributed by atoms with E-state index in [9.17, 15) is 4.79 Å². The van der Waals surface area contributed by atoms with Crippen molar-refractivity contribution in [2.24, 2.45) is 0 Å². The molecule has 0 spiro atoms. The van der Waals surface area contributed by atoms with Crippen molar-refractivity contribution in [3.8, 4) is 0 Å². The van der Waals surface area contributed by atoms with Gasteiger partial charge in [0.05, 0.1) is 17.3 Å². The molecule has 5 rings (SSSR count). The third-order valence-corrected chi connectivity index (χ3v) is 5.65. The first-order chi connectivity index (χ1) is 14.3. The van der Waals surface area contributed by atoms with Gasteiger partial charge in [-0.15, -0.1) is 0 Å². The van der Waals surface area contributed by atoms with E-state index in [1.807, 2.05) is 35.2 Å². The van der Waals surface area contributed by atoms with Crippen molar-refractivity contribution in [2.75, 3.05) is 44.2 Å². The number of hydrogen-bond donors (Lipinski definition) is 2. The average molecular weight is 389 g/mol. The van der Waals surface area contributed by atoms with Gasteiger partial charge in [0.25, 0.3) is 5.91 Å². The van der Waals surface area contributed by atoms with Crippen LogP contribution in [-0.2, 0) is 0 Å². The quantitative estimate of drug-likeness (QED) is 0.696. The number of hydrazine groups is 1. The molecule has 0 unspecified atom stereocenters. The first-order valence-corrected chi connectivity index (χ1v) is 9.95. The van der Waals surface area contributed by atoms with Crippen LogP contribution >= 0.6 is 0 Å². The van der Waals surface area contributed by atoms with Crippen molar-refractivity contribution in [1.82, 2.24) is 30.7 Å². The average Bonchev–Trinajstić information content (AvgIpc) is 3.34. The molecule has 148 valence electrons. The molecule has 3 aromatic rings. The Balaban J connectivity index is 1.41. The molecule has 8 nitrogen and oxygen atoms in total. The van der Waals surface area contributed by atoms with E-state index in [0.717, 1.165) is 54.2 Å². The predicted octanol–water partition coefficient (Wildman–Crippen LogP) is 1.18. The molecule has 0 atom stereocenters. The van der Waals surface area contributed by atoms with Crippen LogP contribution in [0.25, 0.3) is 10.9 Å². The highest BCUT2D eigenvalue weighted by molar-refractivity contribution is 6.06. The van der Waals surface area contributed by atoms with Crippen LogP contribution in [-0.4, -0.2) is 65.0 Å². The third-order valence-electron chi connectivity index (χ3n) is 5.65. The molecule has 1 amide bonds. The lowest BCUT2D eigenvalue weighted by Crippen LogP contribution is -2.49. The number of rotatable bonds is 3. The number of nitrogens with zero attached hydrogens (tertiary/aromatic N) is 5. The van der Waals surface area contributed by atoms with Crippen LogP contribution in [0.4, 0.5) is 5.82 Å². The Morgan fingerprint density at radius 1 is 1.03 bits per heavy atom. The zero-order valence-corrected chi connectivity index (χ0v) is 16.1. The van der Waals surface area contributed by atoms with Gasteiger partial charge in [-0.05, 0) is 12.1 Å². The van der Waals surface area contributed by atoms with Crippen molar-refractivity contribution >= 4 is 22.6 Å². The van der Waals surface area contributed by atoms with Crippen LogP contribution < -0.4 is 15.8 Å². The summed E-state index contributed by atoms with van der Waals surface area (Å²) in [7, 11) is 0. The van der Waals surface area contributed by atoms with E-state index < -0.39 is 0 Å². The number of carbonyl (C=O) groups is 1. The van der Waals surface area contributed by atoms with Crippen molar-refractivity contribution < 1.29 is 4.79 Å². The summed E-state index contributed by atoms with van der Waals surface area (Å²) in [5.41, 5.74) is 8.87. The van der Waals surface area contributed by atoms with Crippen LogP contribution in [0.15, 0.2) is 48.9 Å². The van der Waals surface area contributed by atoms with Gasteiger partial charge < -0.3 is 9.80 Å². The molecule has 0 aliphatic carbocycles. The van der Waals surface area contributed by atoms with E-state index in [2.05, 4.69) is 25.7 Å². The van der Waals surface area contributed by atoms with Crippen molar-refractivity contribution in [2.45, 2.75) is 5.92 Å². The molecule has 2 fully saturated rings. The highest BCUT2D eigenvalue weighted by Crippen LogP contribution is 2.25. The summed E-state index contributed by atoms with van der Waals surface area (Å²) in [5.74, 6) is 1.19. The summed E-state index contributed by atoms with van der Waals surface area (Å²) in [6.07, 6.45) is 5.14. The zero-order valence-electron chi connectivity index (χ0n) is 16.1. The van der Waals surface area contributed by atoms with Crippen LogP contribution in [0.3, 0.4) is 0 Å². The maximum atomic E-state index is 13.4. The number of nitrogens with one attached hydrogen (secondary N) is 2. The normalized spacial score (nSPS) is 17.8. The van der Waals surface area contributed by atoms with Gasteiger partial charge in [-0.1, -0.05) is 18.2 Å². The fourth-order valence-corrected chi connectivity index (χ4v) is 4.02. The number of fused-ring (bicyclic) bond motifs is 1. The number of para-hydroxylation sites is 1. The Labute approximate surface area is 168 Å². The third kappa shape index (κ3) is 3.52. The van der Waals surface area contributed by atoms with Crippen molar-refractivity contribution in [1.29, 1.82) is 0 Å². The van der Waals surface area contributed by atoms with Gasteiger partial charge in [-0.3, -0.25) is 25.6 Å². The van der Waals surface area contributed by atoms with Gasteiger partial charge in [-0.25, -0.2) is 4.98 Å². The van der Waals surface area contributed by atoms with Crippen LogP contribution in [0.5, 0.6) is 0 Å². The van der Waals surface area contributed by atoms with Crippen molar-refractivity contribution in [3.05, 3.63) is 60.2 Å². The lowest BCUT2D eigenvalue weighted by molar-refractivity contribution is 0.0748. The number of aromatic nitrogens is 3. The summed E-state index contributed by atoms with van der Waals surface area (Å²) < 4.78 is 0. The van der Waals surface area contributed by atoms with E-state index >= 15 is 0 Å². The van der Waals surface area contributed by atoms with Gasteiger partial charge in [0, 0.05) is 68.7 Å². The maximum Gasteiger partial charge on any atom is 0.254 e. The van der Waals surface area contributed by atoms with Gasteiger partial charge >= 0.3 is 0 Å². The molecule has 0 saturated carbocycles. The first-order valence-electron chi connectivity index (χ1n) is 9.95. The Hall–Kier alpha value is -3.10. The second-order valence-corrected chi connectivity index (χ2v) is 7.41. The Kier molecular flexibility index (Phi) is 4.79. The molecular formula is C21H23N7O. The molecule has 2 saturated heterocycles. The summed E-state index contributed by atoms with van der Waals surface area (Å²) >= 11 is 0. The molecule has 29 heavy (non-hydrogen) atoms. The maximum absolute atomic E-state index is 13.4. The Morgan fingerprint density at radius 2 is 1.83 bits per heavy atom. The number of benzene rings is 1. The van der Waals surface area contributed by atoms with Gasteiger partial charge in [0.2, 0.25) is 0 Å². The van der Waals surface area contributed by atoms with E-state index in [1.54, 1.807) is 18.6 Å². The summed E-state index contributed by atoms with van der Waals surface area (Å²) in [6.45, 7) is 4.45. The van der Waals surface area contributed by atoms with E-state index in [4.69, 9.17) is 4.98 Å². The highest BCUT2D eigenvalue weighted by atomic mass is 16.2. The standard InChI is InChI=1S/C21H23N7O/c29-21(28-9-7-27(8-10-28)20-14-22-5-6-23-20)17-11-19(15-12-24-25-13-15)26-18-4-2-1-3-16(17)18/h1-6,11,14-15,24-25H,7-10,12-13H2. The number of amides is 1. The fraction of sp³-hybridized carbons (Fsp3) is 0.333. The van der Waals surface area contributed by atoms with E-state index in [0.29, 0.717) is 13.1 Å². The second-order valence-electron chi connectivity index (χ2n) is 7.41. The number of hydrogen-bond acceptors (Lipinski definition) is 7.